The van der Waals surface area contributed by atoms with Crippen LogP contribution >= 0.6 is 0 Å². The predicted molar refractivity (Wildman–Crippen MR) is 80.3 cm³/mol. The maximum absolute atomic E-state index is 11.8. The third-order valence-corrected chi connectivity index (χ3v) is 3.17. The average molecular weight is 289 g/mol. The standard InChI is InChI=1S/C18H11NO3/c19-11-13-1-3-14(4-2-13)15-5-7-17(8-6-15)22-18(20)16-9-10-21-12-16/h1-10,12H. The number of nitrogens with zero attached hydrogens (tertiary/aromatic N) is 1. The maximum atomic E-state index is 11.8. The minimum Gasteiger partial charge on any atom is -0.472 e. The van der Waals surface area contributed by atoms with E-state index in [1.54, 1.807) is 30.3 Å². The Labute approximate surface area is 127 Å². The molecule has 0 atom stereocenters. The fraction of sp³-hybridized carbons (Fsp3) is 0. The maximum Gasteiger partial charge on any atom is 0.346 e. The van der Waals surface area contributed by atoms with Crippen LogP contribution in [0.2, 0.25) is 0 Å². The highest BCUT2D eigenvalue weighted by Crippen LogP contribution is 2.23. The van der Waals surface area contributed by atoms with Gasteiger partial charge in [0.25, 0.3) is 0 Å². The van der Waals surface area contributed by atoms with Crippen molar-refractivity contribution in [1.82, 2.24) is 0 Å². The SMILES string of the molecule is N#Cc1ccc(-c2ccc(OC(=O)c3ccoc3)cc2)cc1. The van der Waals surface area contributed by atoms with Crippen molar-refractivity contribution in [1.29, 1.82) is 5.26 Å². The van der Waals surface area contributed by atoms with Crippen molar-refractivity contribution in [2.75, 3.05) is 0 Å². The van der Waals surface area contributed by atoms with E-state index in [2.05, 4.69) is 6.07 Å². The highest BCUT2D eigenvalue weighted by molar-refractivity contribution is 5.90. The molecule has 0 saturated heterocycles. The van der Waals surface area contributed by atoms with Crippen LogP contribution in [0.15, 0.2) is 71.5 Å². The fourth-order valence-electron chi connectivity index (χ4n) is 2.00. The Kier molecular flexibility index (Phi) is 3.71. The molecule has 4 heteroatoms. The zero-order valence-corrected chi connectivity index (χ0v) is 11.5. The summed E-state index contributed by atoms with van der Waals surface area (Å²) in [5, 5.41) is 8.79. The molecule has 0 amide bonds. The van der Waals surface area contributed by atoms with E-state index >= 15 is 0 Å². The van der Waals surface area contributed by atoms with Gasteiger partial charge in [0, 0.05) is 0 Å². The van der Waals surface area contributed by atoms with Crippen LogP contribution in [-0.2, 0) is 0 Å². The lowest BCUT2D eigenvalue weighted by Crippen LogP contribution is -2.06. The molecule has 0 aliphatic heterocycles. The topological polar surface area (TPSA) is 63.2 Å². The normalized spacial score (nSPS) is 9.95. The van der Waals surface area contributed by atoms with Crippen molar-refractivity contribution < 1.29 is 13.9 Å². The number of hydrogen-bond acceptors (Lipinski definition) is 4. The second kappa shape index (κ2) is 5.98. The van der Waals surface area contributed by atoms with E-state index in [0.717, 1.165) is 11.1 Å². The van der Waals surface area contributed by atoms with E-state index in [4.69, 9.17) is 14.4 Å². The second-order valence-corrected chi connectivity index (χ2v) is 4.62. The molecule has 1 aromatic heterocycles. The van der Waals surface area contributed by atoms with Crippen LogP contribution in [0, 0.1) is 11.3 Å². The molecule has 3 aromatic rings. The van der Waals surface area contributed by atoms with E-state index in [1.807, 2.05) is 24.3 Å². The molecule has 1 heterocycles. The number of benzene rings is 2. The van der Waals surface area contributed by atoms with Crippen LogP contribution in [0.1, 0.15) is 15.9 Å². The number of hydrogen-bond donors (Lipinski definition) is 0. The quantitative estimate of drug-likeness (QED) is 0.539. The highest BCUT2D eigenvalue weighted by atomic mass is 16.5. The highest BCUT2D eigenvalue weighted by Gasteiger charge is 2.09. The lowest BCUT2D eigenvalue weighted by molar-refractivity contribution is 0.0734. The number of esters is 1. The van der Waals surface area contributed by atoms with Gasteiger partial charge in [-0.3, -0.25) is 0 Å². The minimum atomic E-state index is -0.458. The Morgan fingerprint density at radius 2 is 1.59 bits per heavy atom. The van der Waals surface area contributed by atoms with E-state index < -0.39 is 5.97 Å². The first-order valence-electron chi connectivity index (χ1n) is 6.61. The van der Waals surface area contributed by atoms with Crippen LogP contribution in [0.4, 0.5) is 0 Å². The van der Waals surface area contributed by atoms with E-state index in [1.165, 1.54) is 12.5 Å². The monoisotopic (exact) mass is 289 g/mol. The fourth-order valence-corrected chi connectivity index (χ4v) is 2.00. The number of furan rings is 1. The van der Waals surface area contributed by atoms with Gasteiger partial charge in [0.2, 0.25) is 0 Å². The van der Waals surface area contributed by atoms with Crippen molar-refractivity contribution in [2.45, 2.75) is 0 Å². The molecule has 0 aliphatic carbocycles. The first-order valence-corrected chi connectivity index (χ1v) is 6.61. The molecule has 4 nitrogen and oxygen atoms in total. The molecular formula is C18H11NO3. The number of carbonyl (C=O) groups excluding carboxylic acids is 1. The van der Waals surface area contributed by atoms with Gasteiger partial charge in [-0.1, -0.05) is 24.3 Å². The van der Waals surface area contributed by atoms with Gasteiger partial charge in [0.1, 0.15) is 12.0 Å². The van der Waals surface area contributed by atoms with Gasteiger partial charge in [-0.25, -0.2) is 4.79 Å². The summed E-state index contributed by atoms with van der Waals surface area (Å²) in [6.07, 6.45) is 2.76. The van der Waals surface area contributed by atoms with Crippen LogP contribution < -0.4 is 4.74 Å². The zero-order chi connectivity index (χ0) is 15.4. The molecule has 22 heavy (non-hydrogen) atoms. The molecule has 0 saturated carbocycles. The first kappa shape index (κ1) is 13.7. The molecule has 2 aromatic carbocycles. The minimum absolute atomic E-state index is 0.371. The molecular weight excluding hydrogens is 278 g/mol. The van der Waals surface area contributed by atoms with Crippen molar-refractivity contribution in [3.8, 4) is 22.9 Å². The summed E-state index contributed by atoms with van der Waals surface area (Å²) in [4.78, 5) is 11.8. The smallest absolute Gasteiger partial charge is 0.346 e. The lowest BCUT2D eigenvalue weighted by Gasteiger charge is -2.05. The summed E-state index contributed by atoms with van der Waals surface area (Å²) in [5.74, 6) is 0.00321. The third kappa shape index (κ3) is 2.89. The van der Waals surface area contributed by atoms with Gasteiger partial charge in [0.05, 0.1) is 23.5 Å². The summed E-state index contributed by atoms with van der Waals surface area (Å²) < 4.78 is 10.1. The Morgan fingerprint density at radius 3 is 2.14 bits per heavy atom. The van der Waals surface area contributed by atoms with Crippen molar-refractivity contribution in [3.05, 3.63) is 78.3 Å². The zero-order valence-electron chi connectivity index (χ0n) is 11.5. The van der Waals surface area contributed by atoms with Gasteiger partial charge in [0.15, 0.2) is 0 Å². The Bertz CT molecular complexity index is 810. The Hall–Kier alpha value is -3.32. The van der Waals surface area contributed by atoms with Crippen LogP contribution in [0.5, 0.6) is 5.75 Å². The summed E-state index contributed by atoms with van der Waals surface area (Å²) in [6.45, 7) is 0. The number of rotatable bonds is 3. The molecule has 0 fully saturated rings. The van der Waals surface area contributed by atoms with Gasteiger partial charge in [-0.05, 0) is 41.5 Å². The molecule has 0 aliphatic rings. The molecule has 106 valence electrons. The summed E-state index contributed by atoms with van der Waals surface area (Å²) >= 11 is 0. The van der Waals surface area contributed by atoms with Gasteiger partial charge < -0.3 is 9.15 Å². The number of carbonyl (C=O) groups is 1. The van der Waals surface area contributed by atoms with Gasteiger partial charge >= 0.3 is 5.97 Å². The summed E-state index contributed by atoms with van der Waals surface area (Å²) in [6, 6.07) is 18.1. The molecule has 0 bridgehead atoms. The van der Waals surface area contributed by atoms with Crippen LogP contribution in [-0.4, -0.2) is 5.97 Å². The van der Waals surface area contributed by atoms with Crippen LogP contribution in [0.3, 0.4) is 0 Å². The molecule has 3 rings (SSSR count). The number of ether oxygens (including phenoxy) is 1. The van der Waals surface area contributed by atoms with Crippen molar-refractivity contribution in [3.63, 3.8) is 0 Å². The molecule has 0 radical (unpaired) electrons. The third-order valence-electron chi connectivity index (χ3n) is 3.17. The molecule has 0 unspecified atom stereocenters. The second-order valence-electron chi connectivity index (χ2n) is 4.62. The van der Waals surface area contributed by atoms with Crippen molar-refractivity contribution >= 4 is 5.97 Å². The van der Waals surface area contributed by atoms with E-state index in [9.17, 15) is 4.79 Å². The Balaban J connectivity index is 1.75. The van der Waals surface area contributed by atoms with E-state index in [-0.39, 0.29) is 0 Å². The summed E-state index contributed by atoms with van der Waals surface area (Å²) in [7, 11) is 0. The first-order chi connectivity index (χ1) is 10.8. The largest absolute Gasteiger partial charge is 0.472 e. The van der Waals surface area contributed by atoms with Crippen LogP contribution in [0.25, 0.3) is 11.1 Å². The van der Waals surface area contributed by atoms with Gasteiger partial charge in [-0.15, -0.1) is 0 Å². The average Bonchev–Trinajstić information content (AvgIpc) is 3.10. The summed E-state index contributed by atoms with van der Waals surface area (Å²) in [5.41, 5.74) is 2.96. The molecule has 0 spiro atoms. The van der Waals surface area contributed by atoms with Crippen molar-refractivity contribution in [2.24, 2.45) is 0 Å². The Morgan fingerprint density at radius 1 is 0.955 bits per heavy atom. The molecule has 0 N–H and O–H groups in total. The number of nitriles is 1. The van der Waals surface area contributed by atoms with E-state index in [0.29, 0.717) is 16.9 Å². The predicted octanol–water partition coefficient (Wildman–Crippen LogP) is 4.04. The van der Waals surface area contributed by atoms with Gasteiger partial charge in [-0.2, -0.15) is 5.26 Å². The lowest BCUT2D eigenvalue weighted by atomic mass is 10.0.